The highest BCUT2D eigenvalue weighted by Gasteiger charge is 2.00. The summed E-state index contributed by atoms with van der Waals surface area (Å²) in [5.41, 5.74) is 6.45. The van der Waals surface area contributed by atoms with E-state index in [4.69, 9.17) is 17.3 Å². The van der Waals surface area contributed by atoms with Crippen LogP contribution in [0.2, 0.25) is 5.02 Å². The molecule has 0 aliphatic heterocycles. The van der Waals surface area contributed by atoms with Gasteiger partial charge >= 0.3 is 0 Å². The van der Waals surface area contributed by atoms with Gasteiger partial charge in [-0.15, -0.1) is 12.4 Å². The van der Waals surface area contributed by atoms with Crippen LogP contribution in [0.1, 0.15) is 6.92 Å². The molecule has 7 heteroatoms. The van der Waals surface area contributed by atoms with Crippen molar-refractivity contribution in [2.24, 2.45) is 15.7 Å². The molecule has 0 saturated heterocycles. The van der Waals surface area contributed by atoms with Gasteiger partial charge in [-0.05, 0) is 31.2 Å². The Morgan fingerprint density at radius 1 is 1.33 bits per heavy atom. The second-order valence-electron chi connectivity index (χ2n) is 3.19. The molecule has 4 N–H and O–H groups in total. The van der Waals surface area contributed by atoms with E-state index in [0.717, 1.165) is 5.69 Å². The molecule has 18 heavy (non-hydrogen) atoms. The minimum absolute atomic E-state index is 0. The second-order valence-corrected chi connectivity index (χ2v) is 3.63. The molecule has 0 aromatic heterocycles. The summed E-state index contributed by atoms with van der Waals surface area (Å²) >= 11 is 5.80. The van der Waals surface area contributed by atoms with Crippen molar-refractivity contribution in [3.8, 4) is 0 Å². The first-order valence-electron chi connectivity index (χ1n) is 5.22. The molecule has 100 valence electrons. The third kappa shape index (κ3) is 5.75. The summed E-state index contributed by atoms with van der Waals surface area (Å²) in [6.45, 7) is 2.57. The fourth-order valence-electron chi connectivity index (χ4n) is 1.12. The maximum absolute atomic E-state index is 5.80. The van der Waals surface area contributed by atoms with Crippen LogP contribution in [-0.2, 0) is 0 Å². The van der Waals surface area contributed by atoms with Crippen molar-refractivity contribution in [3.63, 3.8) is 0 Å². The summed E-state index contributed by atoms with van der Waals surface area (Å²) in [7, 11) is 1.61. The molecule has 1 rings (SSSR count). The van der Waals surface area contributed by atoms with Gasteiger partial charge in [0.15, 0.2) is 5.96 Å². The monoisotopic (exact) mass is 289 g/mol. The van der Waals surface area contributed by atoms with Crippen LogP contribution in [-0.4, -0.2) is 25.5 Å². The first-order valence-corrected chi connectivity index (χ1v) is 5.59. The van der Waals surface area contributed by atoms with E-state index in [1.165, 1.54) is 0 Å². The van der Waals surface area contributed by atoms with Crippen molar-refractivity contribution in [2.75, 3.05) is 18.9 Å². The van der Waals surface area contributed by atoms with Gasteiger partial charge in [0, 0.05) is 24.3 Å². The fourth-order valence-corrected chi connectivity index (χ4v) is 1.24. The van der Waals surface area contributed by atoms with Crippen molar-refractivity contribution in [2.45, 2.75) is 6.92 Å². The highest BCUT2D eigenvalue weighted by molar-refractivity contribution is 6.30. The van der Waals surface area contributed by atoms with Crippen molar-refractivity contribution in [3.05, 3.63) is 29.3 Å². The lowest BCUT2D eigenvalue weighted by molar-refractivity contribution is 1.09. The maximum atomic E-state index is 5.80. The maximum Gasteiger partial charge on any atom is 0.202 e. The lowest BCUT2D eigenvalue weighted by Gasteiger charge is -2.11. The quantitative estimate of drug-likeness (QED) is 0.576. The van der Waals surface area contributed by atoms with E-state index >= 15 is 0 Å². The Labute approximate surface area is 118 Å². The molecular weight excluding hydrogens is 273 g/mol. The molecule has 0 atom stereocenters. The van der Waals surface area contributed by atoms with Gasteiger partial charge < -0.3 is 11.1 Å². The first-order chi connectivity index (χ1) is 8.15. The molecule has 5 nitrogen and oxygen atoms in total. The number of nitrogens with two attached hydrogens (primary N) is 1. The Morgan fingerprint density at radius 2 is 1.94 bits per heavy atom. The Bertz CT molecular complexity index is 414. The van der Waals surface area contributed by atoms with E-state index in [2.05, 4.69) is 20.6 Å². The van der Waals surface area contributed by atoms with Crippen LogP contribution in [0.4, 0.5) is 5.69 Å². The smallest absolute Gasteiger partial charge is 0.202 e. The van der Waals surface area contributed by atoms with Crippen LogP contribution in [0.25, 0.3) is 0 Å². The number of benzene rings is 1. The molecule has 0 unspecified atom stereocenters. The number of hydrogen-bond acceptors (Lipinski definition) is 2. The Hall–Kier alpha value is -1.46. The number of nitrogens with zero attached hydrogens (tertiary/aromatic N) is 2. The van der Waals surface area contributed by atoms with Gasteiger partial charge in [-0.2, -0.15) is 0 Å². The molecule has 0 heterocycles. The summed E-state index contributed by atoms with van der Waals surface area (Å²) in [4.78, 5) is 8.04. The average molecular weight is 290 g/mol. The van der Waals surface area contributed by atoms with Crippen LogP contribution < -0.4 is 16.4 Å². The van der Waals surface area contributed by atoms with E-state index in [0.29, 0.717) is 23.5 Å². The zero-order valence-corrected chi connectivity index (χ0v) is 11.8. The number of aliphatic imine (C=N–C) groups is 2. The molecule has 0 saturated carbocycles. The van der Waals surface area contributed by atoms with Crippen molar-refractivity contribution in [1.82, 2.24) is 5.32 Å². The molecule has 0 spiro atoms. The zero-order valence-electron chi connectivity index (χ0n) is 10.3. The molecule has 1 aromatic rings. The van der Waals surface area contributed by atoms with Gasteiger partial charge in [0.1, 0.15) is 0 Å². The van der Waals surface area contributed by atoms with Crippen LogP contribution in [0.3, 0.4) is 0 Å². The SMILES string of the molecule is CCN=C(NC(N)=NC)Nc1ccc(Cl)cc1.Cl. The largest absolute Gasteiger partial charge is 0.370 e. The lowest BCUT2D eigenvalue weighted by atomic mass is 10.3. The van der Waals surface area contributed by atoms with E-state index in [-0.39, 0.29) is 12.4 Å². The number of rotatable bonds is 2. The third-order valence-electron chi connectivity index (χ3n) is 1.91. The molecular formula is C11H17Cl2N5. The predicted octanol–water partition coefficient (Wildman–Crippen LogP) is 2.08. The molecule has 0 bridgehead atoms. The predicted molar refractivity (Wildman–Crippen MR) is 81.0 cm³/mol. The van der Waals surface area contributed by atoms with Gasteiger partial charge in [-0.1, -0.05) is 11.6 Å². The number of guanidine groups is 2. The van der Waals surface area contributed by atoms with Crippen LogP contribution in [0, 0.1) is 0 Å². The summed E-state index contributed by atoms with van der Waals surface area (Å²) in [6.07, 6.45) is 0. The number of halogens is 2. The molecule has 0 amide bonds. The van der Waals surface area contributed by atoms with Gasteiger partial charge in [-0.25, -0.2) is 0 Å². The molecule has 0 fully saturated rings. The summed E-state index contributed by atoms with van der Waals surface area (Å²) in [6, 6.07) is 7.30. The van der Waals surface area contributed by atoms with E-state index in [1.54, 1.807) is 19.2 Å². The van der Waals surface area contributed by atoms with Gasteiger partial charge in [0.2, 0.25) is 5.96 Å². The van der Waals surface area contributed by atoms with Crippen LogP contribution >= 0.6 is 24.0 Å². The molecule has 0 aliphatic rings. The van der Waals surface area contributed by atoms with Crippen molar-refractivity contribution >= 4 is 41.6 Å². The van der Waals surface area contributed by atoms with E-state index in [1.807, 2.05) is 19.1 Å². The minimum atomic E-state index is 0. The van der Waals surface area contributed by atoms with Gasteiger partial charge in [-0.3, -0.25) is 15.3 Å². The van der Waals surface area contributed by atoms with Crippen molar-refractivity contribution < 1.29 is 0 Å². The standard InChI is InChI=1S/C11H16ClN5.ClH/c1-3-15-11(17-10(13)14-2)16-9-6-4-8(12)5-7-9;/h4-7H,3H2,1-2H3,(H4,13,14,15,16,17);1H. The highest BCUT2D eigenvalue weighted by Crippen LogP contribution is 2.13. The van der Waals surface area contributed by atoms with Crippen LogP contribution in [0.5, 0.6) is 0 Å². The fraction of sp³-hybridized carbons (Fsp3) is 0.273. The summed E-state index contributed by atoms with van der Waals surface area (Å²) in [5, 5.41) is 6.64. The van der Waals surface area contributed by atoms with Gasteiger partial charge in [0.05, 0.1) is 0 Å². The summed E-state index contributed by atoms with van der Waals surface area (Å²) in [5.74, 6) is 0.858. The topological polar surface area (TPSA) is 74.8 Å². The number of hydrogen-bond donors (Lipinski definition) is 3. The first kappa shape index (κ1) is 16.5. The normalized spacial score (nSPS) is 11.7. The van der Waals surface area contributed by atoms with Gasteiger partial charge in [0.25, 0.3) is 0 Å². The third-order valence-corrected chi connectivity index (χ3v) is 2.16. The number of nitrogens with one attached hydrogen (secondary N) is 2. The molecule has 1 aromatic carbocycles. The number of anilines is 1. The average Bonchev–Trinajstić information content (AvgIpc) is 2.32. The Morgan fingerprint density at radius 3 is 2.44 bits per heavy atom. The second kappa shape index (κ2) is 8.60. The molecule has 0 aliphatic carbocycles. The van der Waals surface area contributed by atoms with E-state index in [9.17, 15) is 0 Å². The minimum Gasteiger partial charge on any atom is -0.370 e. The lowest BCUT2D eigenvalue weighted by Crippen LogP contribution is -2.40. The van der Waals surface area contributed by atoms with Crippen LogP contribution in [0.15, 0.2) is 34.3 Å². The van der Waals surface area contributed by atoms with E-state index < -0.39 is 0 Å². The highest BCUT2D eigenvalue weighted by atomic mass is 35.5. The Balaban J connectivity index is 0.00000289. The molecule has 0 radical (unpaired) electrons. The Kier molecular flexibility index (Phi) is 7.91. The zero-order chi connectivity index (χ0) is 12.7. The summed E-state index contributed by atoms with van der Waals surface area (Å²) < 4.78 is 0. The van der Waals surface area contributed by atoms with Crippen molar-refractivity contribution in [1.29, 1.82) is 0 Å².